The van der Waals surface area contributed by atoms with Gasteiger partial charge >= 0.3 is 0 Å². The summed E-state index contributed by atoms with van der Waals surface area (Å²) in [6, 6.07) is 1.64. The number of aromatic hydroxyl groups is 1. The number of rotatable bonds is 1. The van der Waals surface area contributed by atoms with Crippen molar-refractivity contribution in [2.75, 3.05) is 19.8 Å². The van der Waals surface area contributed by atoms with E-state index in [1.54, 1.807) is 6.07 Å². The molecule has 0 saturated carbocycles. The molecule has 0 amide bonds. The van der Waals surface area contributed by atoms with Crippen molar-refractivity contribution in [3.05, 3.63) is 16.7 Å². The highest BCUT2D eigenvalue weighted by Gasteiger charge is 2.38. The van der Waals surface area contributed by atoms with Crippen molar-refractivity contribution in [2.24, 2.45) is 0 Å². The summed E-state index contributed by atoms with van der Waals surface area (Å²) in [4.78, 5) is 0. The van der Waals surface area contributed by atoms with Gasteiger partial charge in [-0.05, 0) is 26.3 Å². The predicted molar refractivity (Wildman–Crippen MR) is 73.3 cm³/mol. The molecule has 0 radical (unpaired) electrons. The number of ether oxygens (including phenoxy) is 2. The summed E-state index contributed by atoms with van der Waals surface area (Å²) in [6.07, 6.45) is 2.84. The monoisotopic (exact) mass is 283 g/mol. The van der Waals surface area contributed by atoms with Gasteiger partial charge in [0.05, 0.1) is 23.8 Å². The van der Waals surface area contributed by atoms with E-state index in [2.05, 4.69) is 12.2 Å². The third kappa shape index (κ3) is 2.13. The van der Waals surface area contributed by atoms with Crippen molar-refractivity contribution in [1.82, 2.24) is 5.32 Å². The lowest BCUT2D eigenvalue weighted by Crippen LogP contribution is -2.33. The van der Waals surface area contributed by atoms with Crippen LogP contribution in [0.25, 0.3) is 0 Å². The number of phenols is 1. The lowest BCUT2D eigenvalue weighted by Gasteiger charge is -2.29. The normalized spacial score (nSPS) is 26.2. The van der Waals surface area contributed by atoms with E-state index < -0.39 is 0 Å². The molecule has 0 spiro atoms. The van der Waals surface area contributed by atoms with E-state index in [-0.39, 0.29) is 11.3 Å². The topological polar surface area (TPSA) is 50.7 Å². The summed E-state index contributed by atoms with van der Waals surface area (Å²) in [5, 5.41) is 14.1. The largest absolute Gasteiger partial charge is 0.506 e. The minimum Gasteiger partial charge on any atom is -0.506 e. The van der Waals surface area contributed by atoms with Crippen LogP contribution >= 0.6 is 11.6 Å². The van der Waals surface area contributed by atoms with Crippen LogP contribution < -0.4 is 14.8 Å². The molecule has 2 heterocycles. The van der Waals surface area contributed by atoms with E-state index in [0.717, 1.165) is 31.4 Å². The molecule has 1 unspecified atom stereocenters. The van der Waals surface area contributed by atoms with Crippen molar-refractivity contribution in [2.45, 2.75) is 31.7 Å². The molecule has 3 rings (SSSR count). The van der Waals surface area contributed by atoms with Crippen LogP contribution in [0, 0.1) is 0 Å². The minimum absolute atomic E-state index is 0.0998. The summed E-state index contributed by atoms with van der Waals surface area (Å²) >= 11 is 6.13. The number of phenolic OH excluding ortho intramolecular Hbond substituents is 1. The number of hydrogen-bond acceptors (Lipinski definition) is 4. The van der Waals surface area contributed by atoms with Crippen LogP contribution in [0.3, 0.4) is 0 Å². The van der Waals surface area contributed by atoms with Gasteiger partial charge in [0.1, 0.15) is 5.75 Å². The van der Waals surface area contributed by atoms with E-state index in [1.807, 2.05) is 0 Å². The Morgan fingerprint density at radius 1 is 1.32 bits per heavy atom. The molecule has 19 heavy (non-hydrogen) atoms. The zero-order valence-electron chi connectivity index (χ0n) is 11.0. The first-order chi connectivity index (χ1) is 9.12. The van der Waals surface area contributed by atoms with Gasteiger partial charge in [0.25, 0.3) is 0 Å². The Morgan fingerprint density at radius 2 is 2.11 bits per heavy atom. The lowest BCUT2D eigenvalue weighted by molar-refractivity contribution is 0.290. The van der Waals surface area contributed by atoms with Gasteiger partial charge in [-0.2, -0.15) is 0 Å². The highest BCUT2D eigenvalue weighted by atomic mass is 35.5. The Kier molecular flexibility index (Phi) is 3.23. The molecule has 1 aromatic carbocycles. The summed E-state index contributed by atoms with van der Waals surface area (Å²) in [5.41, 5.74) is 0.418. The van der Waals surface area contributed by atoms with Crippen LogP contribution in [0.15, 0.2) is 6.07 Å². The average Bonchev–Trinajstić information content (AvgIpc) is 2.68. The number of halogens is 1. The fraction of sp³-hybridized carbons (Fsp3) is 0.571. The fourth-order valence-corrected chi connectivity index (χ4v) is 3.08. The van der Waals surface area contributed by atoms with E-state index in [1.165, 1.54) is 0 Å². The average molecular weight is 284 g/mol. The number of nitrogens with one attached hydrogen (secondary N) is 1. The molecular weight excluding hydrogens is 266 g/mol. The van der Waals surface area contributed by atoms with Gasteiger partial charge in [-0.3, -0.25) is 0 Å². The first kappa shape index (κ1) is 12.9. The van der Waals surface area contributed by atoms with E-state index in [9.17, 15) is 5.11 Å². The molecule has 5 heteroatoms. The maximum atomic E-state index is 10.4. The summed E-state index contributed by atoms with van der Waals surface area (Å²) in [7, 11) is 0. The Hall–Kier alpha value is -1.13. The zero-order chi connectivity index (χ0) is 13.5. The van der Waals surface area contributed by atoms with E-state index in [4.69, 9.17) is 21.1 Å². The standard InChI is InChI=1S/C14H18ClNO3/c1-14(4-2-5-16-14)11-12(17)9(15)8-10-13(11)19-7-3-6-18-10/h8,16-17H,2-7H2,1H3. The summed E-state index contributed by atoms with van der Waals surface area (Å²) in [5.74, 6) is 1.37. The molecule has 1 atom stereocenters. The van der Waals surface area contributed by atoms with Crippen LogP contribution in [-0.4, -0.2) is 24.9 Å². The number of fused-ring (bicyclic) bond motifs is 1. The van der Waals surface area contributed by atoms with Gasteiger partial charge in [0.15, 0.2) is 11.5 Å². The molecule has 2 aliphatic heterocycles. The second-order valence-corrected chi connectivity index (χ2v) is 5.73. The molecule has 2 N–H and O–H groups in total. The molecule has 1 saturated heterocycles. The van der Waals surface area contributed by atoms with Crippen molar-refractivity contribution in [3.63, 3.8) is 0 Å². The Bertz CT molecular complexity index is 498. The fourth-order valence-electron chi connectivity index (χ4n) is 2.88. The third-order valence-electron chi connectivity index (χ3n) is 3.88. The van der Waals surface area contributed by atoms with Crippen LogP contribution in [0.4, 0.5) is 0 Å². The SMILES string of the molecule is CC1(c2c(O)c(Cl)cc3c2OCCCO3)CCCN1. The van der Waals surface area contributed by atoms with E-state index >= 15 is 0 Å². The molecule has 104 valence electrons. The van der Waals surface area contributed by atoms with Gasteiger partial charge in [0, 0.05) is 18.0 Å². The van der Waals surface area contributed by atoms with Gasteiger partial charge in [0.2, 0.25) is 0 Å². The lowest BCUT2D eigenvalue weighted by atomic mass is 9.88. The molecule has 0 aromatic heterocycles. The number of benzene rings is 1. The highest BCUT2D eigenvalue weighted by Crippen LogP contribution is 2.50. The van der Waals surface area contributed by atoms with Crippen molar-refractivity contribution in [1.29, 1.82) is 0 Å². The molecule has 1 fully saturated rings. The summed E-state index contributed by atoms with van der Waals surface area (Å²) in [6.45, 7) is 4.20. The van der Waals surface area contributed by atoms with Gasteiger partial charge in [-0.1, -0.05) is 11.6 Å². The molecule has 0 aliphatic carbocycles. The smallest absolute Gasteiger partial charge is 0.170 e. The first-order valence-electron chi connectivity index (χ1n) is 6.68. The third-order valence-corrected chi connectivity index (χ3v) is 4.17. The molecular formula is C14H18ClNO3. The minimum atomic E-state index is -0.313. The van der Waals surface area contributed by atoms with Crippen LogP contribution in [0.1, 0.15) is 31.7 Å². The van der Waals surface area contributed by atoms with Crippen LogP contribution in [-0.2, 0) is 5.54 Å². The second-order valence-electron chi connectivity index (χ2n) is 5.32. The first-order valence-corrected chi connectivity index (χ1v) is 7.06. The molecule has 2 aliphatic rings. The van der Waals surface area contributed by atoms with Gasteiger partial charge < -0.3 is 19.9 Å². The van der Waals surface area contributed by atoms with Gasteiger partial charge in [-0.15, -0.1) is 0 Å². The maximum absolute atomic E-state index is 10.4. The van der Waals surface area contributed by atoms with E-state index in [0.29, 0.717) is 29.7 Å². The Balaban J connectivity index is 2.18. The second kappa shape index (κ2) is 4.76. The molecule has 4 nitrogen and oxygen atoms in total. The van der Waals surface area contributed by atoms with Crippen molar-refractivity contribution >= 4 is 11.6 Å². The molecule has 0 bridgehead atoms. The summed E-state index contributed by atoms with van der Waals surface area (Å²) < 4.78 is 11.5. The van der Waals surface area contributed by atoms with Crippen LogP contribution in [0.2, 0.25) is 5.02 Å². The zero-order valence-corrected chi connectivity index (χ0v) is 11.7. The highest BCUT2D eigenvalue weighted by molar-refractivity contribution is 6.32. The quantitative estimate of drug-likeness (QED) is 0.832. The Morgan fingerprint density at radius 3 is 2.84 bits per heavy atom. The van der Waals surface area contributed by atoms with Crippen molar-refractivity contribution < 1.29 is 14.6 Å². The maximum Gasteiger partial charge on any atom is 0.170 e. The Labute approximate surface area is 117 Å². The van der Waals surface area contributed by atoms with Gasteiger partial charge in [-0.25, -0.2) is 0 Å². The van der Waals surface area contributed by atoms with Crippen molar-refractivity contribution in [3.8, 4) is 17.2 Å². The number of hydrogen-bond donors (Lipinski definition) is 2. The van der Waals surface area contributed by atoms with Crippen LogP contribution in [0.5, 0.6) is 17.2 Å². The molecule has 1 aromatic rings. The predicted octanol–water partition coefficient (Wildman–Crippen LogP) is 2.81.